The molecule has 0 atom stereocenters. The molecule has 4 heteroatoms. The molecule has 2 aliphatic rings. The van der Waals surface area contributed by atoms with Crippen molar-refractivity contribution in [3.63, 3.8) is 0 Å². The molecule has 0 aliphatic heterocycles. The first-order chi connectivity index (χ1) is 19.9. The molecule has 4 rings (SSSR count). The number of hydrogen-bond acceptors (Lipinski definition) is 1. The van der Waals surface area contributed by atoms with E-state index >= 15 is 0 Å². The summed E-state index contributed by atoms with van der Waals surface area (Å²) in [6.45, 7) is 4.06. The van der Waals surface area contributed by atoms with Crippen molar-refractivity contribution in [3.8, 4) is 0 Å². The fraction of sp³-hybridized carbons (Fsp3) is 0.676. The van der Waals surface area contributed by atoms with E-state index in [-0.39, 0.29) is 5.56 Å². The fourth-order valence-electron chi connectivity index (χ4n) is 7.25. The Morgan fingerprint density at radius 3 is 1.71 bits per heavy atom. The first-order valence-corrected chi connectivity index (χ1v) is 16.8. The van der Waals surface area contributed by atoms with Gasteiger partial charge in [-0.1, -0.05) is 102 Å². The van der Waals surface area contributed by atoms with E-state index in [4.69, 9.17) is 4.74 Å². The molecular weight excluding hydrogens is 517 g/mol. The third-order valence-electron chi connectivity index (χ3n) is 9.97. The van der Waals surface area contributed by atoms with Crippen LogP contribution in [0.5, 0.6) is 0 Å². The van der Waals surface area contributed by atoms with Crippen LogP contribution in [0.2, 0.25) is 0 Å². The zero-order valence-corrected chi connectivity index (χ0v) is 25.6. The molecule has 2 saturated carbocycles. The van der Waals surface area contributed by atoms with Gasteiger partial charge in [0.2, 0.25) is 0 Å². The van der Waals surface area contributed by atoms with Crippen molar-refractivity contribution in [2.45, 2.75) is 148 Å². The van der Waals surface area contributed by atoms with Crippen LogP contribution < -0.4 is 0 Å². The maximum Gasteiger partial charge on any atom is 0.360 e. The zero-order chi connectivity index (χ0) is 29.1. The molecule has 0 spiro atoms. The SMILES string of the molecule is CCCCCC1CCC(c2ccc(CC(F)(F)OCc3ccc(C4CCC(CCCCC)CC4)cc3F)cc2)CC1. The average Bonchev–Trinajstić information content (AvgIpc) is 2.98. The van der Waals surface area contributed by atoms with E-state index in [9.17, 15) is 13.2 Å². The largest absolute Gasteiger partial charge is 0.360 e. The van der Waals surface area contributed by atoms with Gasteiger partial charge in [-0.05, 0) is 97.8 Å². The molecule has 0 saturated heterocycles. The minimum Gasteiger partial charge on any atom is -0.315 e. The van der Waals surface area contributed by atoms with Gasteiger partial charge in [0, 0.05) is 5.56 Å². The van der Waals surface area contributed by atoms with Crippen molar-refractivity contribution in [2.24, 2.45) is 11.8 Å². The monoisotopic (exact) mass is 570 g/mol. The van der Waals surface area contributed by atoms with Crippen molar-refractivity contribution in [1.82, 2.24) is 0 Å². The lowest BCUT2D eigenvalue weighted by Crippen LogP contribution is -2.24. The summed E-state index contributed by atoms with van der Waals surface area (Å²) in [4.78, 5) is 0. The number of hydrogen-bond donors (Lipinski definition) is 0. The Morgan fingerprint density at radius 1 is 0.683 bits per heavy atom. The van der Waals surface area contributed by atoms with Crippen molar-refractivity contribution in [1.29, 1.82) is 0 Å². The Kier molecular flexibility index (Phi) is 12.6. The second kappa shape index (κ2) is 16.1. The highest BCUT2D eigenvalue weighted by atomic mass is 19.3. The topological polar surface area (TPSA) is 9.23 Å². The van der Waals surface area contributed by atoms with Crippen molar-refractivity contribution in [2.75, 3.05) is 0 Å². The highest BCUT2D eigenvalue weighted by molar-refractivity contribution is 5.28. The smallest absolute Gasteiger partial charge is 0.315 e. The van der Waals surface area contributed by atoms with Crippen LogP contribution in [0.15, 0.2) is 42.5 Å². The molecule has 0 unspecified atom stereocenters. The summed E-state index contributed by atoms with van der Waals surface area (Å²) in [5, 5.41) is 0. The minimum atomic E-state index is -3.35. The van der Waals surface area contributed by atoms with Crippen LogP contribution in [0.25, 0.3) is 0 Å². The molecule has 0 amide bonds. The Balaban J connectivity index is 1.21. The number of rotatable bonds is 15. The third kappa shape index (κ3) is 10.2. The Hall–Kier alpha value is -1.81. The maximum atomic E-state index is 14.9. The fourth-order valence-corrected chi connectivity index (χ4v) is 7.25. The van der Waals surface area contributed by atoms with Gasteiger partial charge in [0.15, 0.2) is 0 Å². The molecule has 0 bridgehead atoms. The van der Waals surface area contributed by atoms with E-state index < -0.39 is 25.0 Å². The number of ether oxygens (including phenoxy) is 1. The predicted molar refractivity (Wildman–Crippen MR) is 164 cm³/mol. The summed E-state index contributed by atoms with van der Waals surface area (Å²) in [6, 6.07) is 12.8. The first-order valence-electron chi connectivity index (χ1n) is 16.8. The van der Waals surface area contributed by atoms with Crippen LogP contribution in [0.1, 0.15) is 151 Å². The maximum absolute atomic E-state index is 14.9. The summed E-state index contributed by atoms with van der Waals surface area (Å²) in [5.41, 5.74) is 3.00. The van der Waals surface area contributed by atoms with Crippen molar-refractivity contribution >= 4 is 0 Å². The van der Waals surface area contributed by atoms with Gasteiger partial charge in [-0.15, -0.1) is 0 Å². The van der Waals surface area contributed by atoms with Gasteiger partial charge in [0.05, 0.1) is 13.0 Å². The molecule has 1 nitrogen and oxygen atoms in total. The molecule has 0 aromatic heterocycles. The molecule has 0 radical (unpaired) electrons. The average molecular weight is 571 g/mol. The van der Waals surface area contributed by atoms with E-state index in [0.717, 1.165) is 30.2 Å². The highest BCUT2D eigenvalue weighted by Gasteiger charge is 2.31. The van der Waals surface area contributed by atoms with E-state index in [1.165, 1.54) is 95.5 Å². The first kappa shape index (κ1) is 32.1. The highest BCUT2D eigenvalue weighted by Crippen LogP contribution is 2.39. The number of alkyl halides is 2. The van der Waals surface area contributed by atoms with Gasteiger partial charge < -0.3 is 4.74 Å². The molecule has 2 aliphatic carbocycles. The predicted octanol–water partition coefficient (Wildman–Crippen LogP) is 11.9. The van der Waals surface area contributed by atoms with Crippen molar-refractivity contribution < 1.29 is 17.9 Å². The van der Waals surface area contributed by atoms with Crippen LogP contribution in [0, 0.1) is 17.7 Å². The molecular formula is C37H53F3O. The summed E-state index contributed by atoms with van der Waals surface area (Å²) in [6.07, 6.45) is 16.1. The molecule has 0 N–H and O–H groups in total. The van der Waals surface area contributed by atoms with Crippen LogP contribution in [-0.2, 0) is 17.8 Å². The Bertz CT molecular complexity index is 1020. The Labute approximate surface area is 247 Å². The van der Waals surface area contributed by atoms with Gasteiger partial charge in [-0.2, -0.15) is 8.78 Å². The number of unbranched alkanes of at least 4 members (excludes halogenated alkanes) is 4. The van der Waals surface area contributed by atoms with Crippen LogP contribution in [-0.4, -0.2) is 6.11 Å². The molecule has 2 fully saturated rings. The lowest BCUT2D eigenvalue weighted by atomic mass is 9.77. The quantitative estimate of drug-likeness (QED) is 0.194. The molecule has 2 aromatic carbocycles. The van der Waals surface area contributed by atoms with Crippen LogP contribution >= 0.6 is 0 Å². The zero-order valence-electron chi connectivity index (χ0n) is 25.6. The van der Waals surface area contributed by atoms with E-state index in [2.05, 4.69) is 13.8 Å². The number of halogens is 3. The Morgan fingerprint density at radius 2 is 1.20 bits per heavy atom. The standard InChI is InChI=1S/C37H53F3O/c1-3-5-7-9-28-11-17-31(18-12-28)32-21-15-30(16-22-32)26-37(39,40)41-27-35-24-23-34(25-36(35)38)33-19-13-29(14-20-33)10-8-6-4-2/h15-16,21-25,28-29,31,33H,3-14,17-20,26-27H2,1-2H3. The molecule has 228 valence electrons. The molecule has 0 heterocycles. The summed E-state index contributed by atoms with van der Waals surface area (Å²) >= 11 is 0. The van der Waals surface area contributed by atoms with E-state index in [1.54, 1.807) is 12.1 Å². The van der Waals surface area contributed by atoms with Crippen molar-refractivity contribution in [3.05, 3.63) is 70.5 Å². The van der Waals surface area contributed by atoms with Gasteiger partial charge in [-0.25, -0.2) is 4.39 Å². The minimum absolute atomic E-state index is 0.197. The second-order valence-corrected chi connectivity index (χ2v) is 13.1. The third-order valence-corrected chi connectivity index (χ3v) is 9.97. The van der Waals surface area contributed by atoms with Gasteiger partial charge in [-0.3, -0.25) is 0 Å². The second-order valence-electron chi connectivity index (χ2n) is 13.1. The lowest BCUT2D eigenvalue weighted by Gasteiger charge is -2.29. The molecule has 2 aromatic rings. The van der Waals surface area contributed by atoms with Crippen LogP contribution in [0.4, 0.5) is 13.2 Å². The van der Waals surface area contributed by atoms with Gasteiger partial charge >= 0.3 is 6.11 Å². The van der Waals surface area contributed by atoms with Crippen LogP contribution in [0.3, 0.4) is 0 Å². The summed E-state index contributed by atoms with van der Waals surface area (Å²) < 4.78 is 49.3. The van der Waals surface area contributed by atoms with E-state index in [1.807, 2.05) is 30.3 Å². The van der Waals surface area contributed by atoms with E-state index in [0.29, 0.717) is 17.4 Å². The van der Waals surface area contributed by atoms with Gasteiger partial charge in [0.25, 0.3) is 0 Å². The lowest BCUT2D eigenvalue weighted by molar-refractivity contribution is -0.244. The van der Waals surface area contributed by atoms with Gasteiger partial charge in [0.1, 0.15) is 5.82 Å². The summed E-state index contributed by atoms with van der Waals surface area (Å²) in [5.74, 6) is 2.12. The molecule has 41 heavy (non-hydrogen) atoms. The normalized spacial score (nSPS) is 23.5. The summed E-state index contributed by atoms with van der Waals surface area (Å²) in [7, 11) is 0. The number of benzene rings is 2.